The van der Waals surface area contributed by atoms with E-state index in [9.17, 15) is 4.79 Å². The first-order valence-corrected chi connectivity index (χ1v) is 10.2. The van der Waals surface area contributed by atoms with Crippen molar-refractivity contribution < 1.29 is 18.8 Å². The molecule has 2 aromatic carbocycles. The van der Waals surface area contributed by atoms with Crippen LogP contribution in [-0.4, -0.2) is 21.1 Å². The van der Waals surface area contributed by atoms with Gasteiger partial charge in [0.05, 0.1) is 12.1 Å². The molecule has 0 fully saturated rings. The van der Waals surface area contributed by atoms with E-state index in [2.05, 4.69) is 15.1 Å². The van der Waals surface area contributed by atoms with E-state index in [0.717, 1.165) is 22.1 Å². The summed E-state index contributed by atoms with van der Waals surface area (Å²) in [6.45, 7) is 3.40. The molecular weight excluding hydrogens is 402 g/mol. The number of esters is 1. The van der Waals surface area contributed by atoms with Gasteiger partial charge in [0.2, 0.25) is 0 Å². The maximum absolute atomic E-state index is 12.2. The van der Waals surface area contributed by atoms with Crippen LogP contribution in [-0.2, 0) is 16.0 Å². The summed E-state index contributed by atoms with van der Waals surface area (Å²) in [6.07, 6.45) is -0.544. The molecule has 0 saturated carbocycles. The lowest BCUT2D eigenvalue weighted by atomic mass is 10.2. The van der Waals surface area contributed by atoms with Gasteiger partial charge in [-0.3, -0.25) is 4.79 Å². The molecular formula is C22H19N3O4S. The van der Waals surface area contributed by atoms with Crippen molar-refractivity contribution >= 4 is 17.3 Å². The molecule has 0 amide bonds. The van der Waals surface area contributed by atoms with Crippen LogP contribution >= 0.6 is 11.3 Å². The van der Waals surface area contributed by atoms with Crippen molar-refractivity contribution in [2.24, 2.45) is 0 Å². The largest absolute Gasteiger partial charge is 0.457 e. The molecule has 30 heavy (non-hydrogen) atoms. The highest BCUT2D eigenvalue weighted by atomic mass is 32.1. The van der Waals surface area contributed by atoms with Crippen LogP contribution < -0.4 is 4.74 Å². The maximum Gasteiger partial charge on any atom is 0.312 e. The Morgan fingerprint density at radius 2 is 1.90 bits per heavy atom. The van der Waals surface area contributed by atoms with Crippen molar-refractivity contribution in [2.75, 3.05) is 0 Å². The molecule has 0 aliphatic heterocycles. The highest BCUT2D eigenvalue weighted by molar-refractivity contribution is 7.13. The average molecular weight is 421 g/mol. The first-order valence-electron chi connectivity index (χ1n) is 9.34. The van der Waals surface area contributed by atoms with E-state index in [1.807, 2.05) is 60.0 Å². The van der Waals surface area contributed by atoms with Gasteiger partial charge < -0.3 is 14.0 Å². The van der Waals surface area contributed by atoms with Gasteiger partial charge in [-0.1, -0.05) is 35.5 Å². The van der Waals surface area contributed by atoms with Gasteiger partial charge in [0.15, 0.2) is 11.9 Å². The monoisotopic (exact) mass is 421 g/mol. The van der Waals surface area contributed by atoms with Crippen molar-refractivity contribution in [3.8, 4) is 22.1 Å². The summed E-state index contributed by atoms with van der Waals surface area (Å²) < 4.78 is 16.3. The lowest BCUT2D eigenvalue weighted by Gasteiger charge is -2.08. The number of aromatic nitrogens is 3. The molecule has 2 aromatic heterocycles. The van der Waals surface area contributed by atoms with Gasteiger partial charge in [0.25, 0.3) is 5.89 Å². The Morgan fingerprint density at radius 3 is 2.67 bits per heavy atom. The van der Waals surface area contributed by atoms with E-state index in [1.54, 1.807) is 13.8 Å². The van der Waals surface area contributed by atoms with E-state index in [0.29, 0.717) is 11.5 Å². The summed E-state index contributed by atoms with van der Waals surface area (Å²) in [5.74, 6) is 1.85. The second kappa shape index (κ2) is 8.87. The highest BCUT2D eigenvalue weighted by Crippen LogP contribution is 2.29. The Hall–Kier alpha value is -3.52. The van der Waals surface area contributed by atoms with Gasteiger partial charge in [-0.15, -0.1) is 11.3 Å². The summed E-state index contributed by atoms with van der Waals surface area (Å²) in [5.41, 5.74) is 1.56. The smallest absolute Gasteiger partial charge is 0.312 e. The molecule has 0 aliphatic rings. The average Bonchev–Trinajstić information content (AvgIpc) is 3.38. The zero-order chi connectivity index (χ0) is 20.9. The third-order valence-electron chi connectivity index (χ3n) is 4.14. The first kappa shape index (κ1) is 19.8. The summed E-state index contributed by atoms with van der Waals surface area (Å²) in [6, 6.07) is 17.3. The van der Waals surface area contributed by atoms with Gasteiger partial charge in [-0.25, -0.2) is 4.98 Å². The molecule has 0 aliphatic carbocycles. The molecule has 0 saturated heterocycles. The van der Waals surface area contributed by atoms with Crippen LogP contribution in [0.3, 0.4) is 0 Å². The van der Waals surface area contributed by atoms with E-state index in [4.69, 9.17) is 14.0 Å². The molecule has 7 nitrogen and oxygen atoms in total. The van der Waals surface area contributed by atoms with Crippen molar-refractivity contribution in [3.05, 3.63) is 77.4 Å². The van der Waals surface area contributed by atoms with E-state index in [-0.39, 0.29) is 12.3 Å². The molecule has 2 heterocycles. The van der Waals surface area contributed by atoms with E-state index < -0.39 is 12.1 Å². The molecule has 0 spiro atoms. The van der Waals surface area contributed by atoms with Gasteiger partial charge in [-0.2, -0.15) is 4.98 Å². The molecule has 0 radical (unpaired) electrons. The van der Waals surface area contributed by atoms with Crippen LogP contribution in [0, 0.1) is 6.92 Å². The van der Waals surface area contributed by atoms with Crippen LogP contribution in [0.4, 0.5) is 0 Å². The predicted molar refractivity (Wildman–Crippen MR) is 111 cm³/mol. The number of nitrogens with zero attached hydrogens (tertiary/aromatic N) is 3. The fourth-order valence-corrected chi connectivity index (χ4v) is 3.57. The van der Waals surface area contributed by atoms with Crippen LogP contribution in [0.15, 0.2) is 64.5 Å². The lowest BCUT2D eigenvalue weighted by molar-refractivity contribution is -0.149. The topological polar surface area (TPSA) is 87.3 Å². The number of aryl methyl sites for hydroxylation is 1. The van der Waals surface area contributed by atoms with E-state index in [1.165, 1.54) is 11.3 Å². The summed E-state index contributed by atoms with van der Waals surface area (Å²) in [7, 11) is 0. The third kappa shape index (κ3) is 4.90. The van der Waals surface area contributed by atoms with Crippen LogP contribution in [0.25, 0.3) is 10.6 Å². The summed E-state index contributed by atoms with van der Waals surface area (Å²) in [4.78, 5) is 20.9. The number of hydrogen-bond acceptors (Lipinski definition) is 8. The molecule has 0 bridgehead atoms. The van der Waals surface area contributed by atoms with Gasteiger partial charge in [-0.05, 0) is 38.1 Å². The number of ether oxygens (including phenoxy) is 2. The Kier molecular flexibility index (Phi) is 5.85. The molecule has 1 unspecified atom stereocenters. The molecule has 4 rings (SSSR count). The number of rotatable bonds is 7. The Morgan fingerprint density at radius 1 is 1.10 bits per heavy atom. The van der Waals surface area contributed by atoms with Crippen molar-refractivity contribution in [2.45, 2.75) is 26.4 Å². The minimum absolute atomic E-state index is 0.0637. The molecule has 0 N–H and O–H groups in total. The zero-order valence-corrected chi connectivity index (χ0v) is 17.3. The molecule has 4 aromatic rings. The minimum Gasteiger partial charge on any atom is -0.457 e. The number of carbonyl (C=O) groups excluding carboxylic acids is 1. The van der Waals surface area contributed by atoms with E-state index >= 15 is 0 Å². The summed E-state index contributed by atoms with van der Waals surface area (Å²) in [5, 5.41) is 6.35. The number of para-hydroxylation sites is 1. The Balaban J connectivity index is 1.40. The highest BCUT2D eigenvalue weighted by Gasteiger charge is 2.19. The SMILES string of the molecule is Cc1noc(C(C)OC(=O)Cc2csc(-c3cccc(Oc4ccccc4)c3)n2)n1. The normalized spacial score (nSPS) is 11.8. The predicted octanol–water partition coefficient (Wildman–Crippen LogP) is 5.14. The number of benzene rings is 2. The zero-order valence-electron chi connectivity index (χ0n) is 16.4. The minimum atomic E-state index is -0.608. The number of thiazole rings is 1. The second-order valence-corrected chi connectivity index (χ2v) is 7.43. The molecule has 152 valence electrons. The second-order valence-electron chi connectivity index (χ2n) is 6.58. The van der Waals surface area contributed by atoms with Crippen molar-refractivity contribution in [1.29, 1.82) is 0 Å². The molecule has 8 heteroatoms. The fraction of sp³-hybridized carbons (Fsp3) is 0.182. The van der Waals surface area contributed by atoms with Gasteiger partial charge in [0.1, 0.15) is 16.5 Å². The Labute approximate surface area is 177 Å². The standard InChI is InChI=1S/C22H19N3O4S/c1-14(21-23-15(2)25-29-21)27-20(26)12-17-13-30-22(24-17)16-7-6-10-19(11-16)28-18-8-4-3-5-9-18/h3-11,13-14H,12H2,1-2H3. The third-order valence-corrected chi connectivity index (χ3v) is 5.08. The summed E-state index contributed by atoms with van der Waals surface area (Å²) >= 11 is 1.46. The Bertz CT molecular complexity index is 1140. The maximum atomic E-state index is 12.2. The van der Waals surface area contributed by atoms with Gasteiger partial charge >= 0.3 is 5.97 Å². The quantitative estimate of drug-likeness (QED) is 0.382. The van der Waals surface area contributed by atoms with Crippen molar-refractivity contribution in [3.63, 3.8) is 0 Å². The first-order chi connectivity index (χ1) is 14.6. The lowest BCUT2D eigenvalue weighted by Crippen LogP contribution is -2.12. The number of carbonyl (C=O) groups is 1. The number of hydrogen-bond donors (Lipinski definition) is 0. The fourth-order valence-electron chi connectivity index (χ4n) is 2.75. The van der Waals surface area contributed by atoms with Crippen molar-refractivity contribution in [1.82, 2.24) is 15.1 Å². The van der Waals surface area contributed by atoms with Crippen LogP contribution in [0.5, 0.6) is 11.5 Å². The molecule has 1 atom stereocenters. The van der Waals surface area contributed by atoms with Crippen LogP contribution in [0.1, 0.15) is 30.4 Å². The van der Waals surface area contributed by atoms with Gasteiger partial charge in [0, 0.05) is 10.9 Å². The van der Waals surface area contributed by atoms with Crippen LogP contribution in [0.2, 0.25) is 0 Å².